The zero-order valence-corrected chi connectivity index (χ0v) is 35.4. The van der Waals surface area contributed by atoms with Crippen LogP contribution in [0.3, 0.4) is 0 Å². The molecule has 4 atom stereocenters. The summed E-state index contributed by atoms with van der Waals surface area (Å²) in [6.45, 7) is 4.19. The van der Waals surface area contributed by atoms with E-state index in [-0.39, 0.29) is 17.9 Å². The predicted octanol–water partition coefficient (Wildman–Crippen LogP) is 10.6. The number of carboxylic acid groups (broad SMARTS) is 2. The molecule has 2 amide bonds. The molecule has 5 aromatic carbocycles. The minimum atomic E-state index is -1.03. The molecule has 5 aromatic rings. The molecule has 2 fully saturated rings. The molecular formula is C48H48Cl2N2O8. The molecule has 0 aromatic heterocycles. The topological polar surface area (TPSA) is 134 Å². The number of carbonyl (C=O) groups is 4. The van der Waals surface area contributed by atoms with Gasteiger partial charge in [0.2, 0.25) is 0 Å². The van der Waals surface area contributed by atoms with Crippen molar-refractivity contribution in [1.82, 2.24) is 9.80 Å². The standard InChI is InChI=1S/C25H21Cl2NO4.C23H27NO4/c1-32-23-5-3-2-4-18(23)15-6-8-16(9-7-15)24(29)28-21(12-13-22(28)25(30)31)19-11-10-17(26)14-20(19)27;1-15(2)14-18-12-13-20(23(26)27)24(18)22(25)17-10-8-16(9-11-17)19-6-4-5-7-21(19)28-3/h2-11,14,21-22H,12-13H2,1H3,(H,30,31);4-11,15,18,20H,12-14H2,1-3H3,(H,26,27)/t21-,22+;18-,20+/m11/s1. The third kappa shape index (κ3) is 9.61. The van der Waals surface area contributed by atoms with E-state index in [1.54, 1.807) is 61.6 Å². The molecule has 2 aliphatic heterocycles. The van der Waals surface area contributed by atoms with Crippen molar-refractivity contribution in [1.29, 1.82) is 0 Å². The second-order valence-corrected chi connectivity index (χ2v) is 16.2. The SMILES string of the molecule is COc1ccccc1-c1ccc(C(=O)N2[C@@H](CC(C)C)CC[C@H]2C(=O)O)cc1.COc1ccccc1-c1ccc(C(=O)N2[C@@H](c3ccc(Cl)cc3Cl)CC[C@H]2C(=O)O)cc1. The van der Waals surface area contributed by atoms with Gasteiger partial charge in [-0.25, -0.2) is 9.59 Å². The van der Waals surface area contributed by atoms with Gasteiger partial charge in [-0.3, -0.25) is 9.59 Å². The van der Waals surface area contributed by atoms with Gasteiger partial charge < -0.3 is 29.5 Å². The summed E-state index contributed by atoms with van der Waals surface area (Å²) in [5.41, 5.74) is 5.32. The summed E-state index contributed by atoms with van der Waals surface area (Å²) in [5.74, 6) is -0.610. The maximum atomic E-state index is 13.5. The van der Waals surface area contributed by atoms with Gasteiger partial charge in [0.1, 0.15) is 23.6 Å². The van der Waals surface area contributed by atoms with Crippen LogP contribution in [-0.4, -0.2) is 76.1 Å². The number of benzene rings is 5. The summed E-state index contributed by atoms with van der Waals surface area (Å²) >= 11 is 12.4. The van der Waals surface area contributed by atoms with E-state index >= 15 is 0 Å². The van der Waals surface area contributed by atoms with Crippen LogP contribution in [0.2, 0.25) is 10.0 Å². The van der Waals surface area contributed by atoms with Crippen LogP contribution < -0.4 is 9.47 Å². The Balaban J connectivity index is 0.000000203. The first-order valence-electron chi connectivity index (χ1n) is 19.9. The number of halogens is 2. The lowest BCUT2D eigenvalue weighted by Gasteiger charge is -2.29. The largest absolute Gasteiger partial charge is 0.496 e. The molecule has 0 aliphatic carbocycles. The van der Waals surface area contributed by atoms with Crippen molar-refractivity contribution in [3.63, 3.8) is 0 Å². The first-order chi connectivity index (χ1) is 28.8. The number of methoxy groups -OCH3 is 2. The molecule has 2 aliphatic rings. The van der Waals surface area contributed by atoms with Gasteiger partial charge in [0, 0.05) is 38.3 Å². The maximum absolute atomic E-state index is 13.5. The van der Waals surface area contributed by atoms with Crippen LogP contribution in [-0.2, 0) is 9.59 Å². The van der Waals surface area contributed by atoms with Crippen LogP contribution >= 0.6 is 23.2 Å². The van der Waals surface area contributed by atoms with Crippen LogP contribution in [0.15, 0.2) is 115 Å². The summed E-state index contributed by atoms with van der Waals surface area (Å²) in [6, 6.07) is 32.7. The van der Waals surface area contributed by atoms with Crippen LogP contribution in [0.5, 0.6) is 11.5 Å². The number of para-hydroxylation sites is 2. The van der Waals surface area contributed by atoms with Crippen molar-refractivity contribution >= 4 is 47.0 Å². The van der Waals surface area contributed by atoms with Crippen LogP contribution in [0.4, 0.5) is 0 Å². The van der Waals surface area contributed by atoms with Crippen molar-refractivity contribution in [3.05, 3.63) is 142 Å². The minimum Gasteiger partial charge on any atom is -0.496 e. The van der Waals surface area contributed by atoms with Gasteiger partial charge in [0.15, 0.2) is 0 Å². The Bertz CT molecular complexity index is 2330. The Morgan fingerprint density at radius 2 is 1.10 bits per heavy atom. The zero-order chi connectivity index (χ0) is 43.1. The van der Waals surface area contributed by atoms with Gasteiger partial charge in [-0.15, -0.1) is 0 Å². The molecule has 2 saturated heterocycles. The predicted molar refractivity (Wildman–Crippen MR) is 233 cm³/mol. The van der Waals surface area contributed by atoms with Gasteiger partial charge in [-0.05, 0) is 103 Å². The molecule has 60 heavy (non-hydrogen) atoms. The van der Waals surface area contributed by atoms with Crippen molar-refractivity contribution in [2.24, 2.45) is 5.92 Å². The summed E-state index contributed by atoms with van der Waals surface area (Å²) in [6.07, 6.45) is 2.92. The van der Waals surface area contributed by atoms with Crippen LogP contribution in [0, 0.1) is 5.92 Å². The zero-order valence-electron chi connectivity index (χ0n) is 33.9. The highest BCUT2D eigenvalue weighted by Gasteiger charge is 2.43. The highest BCUT2D eigenvalue weighted by molar-refractivity contribution is 6.35. The van der Waals surface area contributed by atoms with Crippen molar-refractivity contribution < 1.29 is 38.9 Å². The lowest BCUT2D eigenvalue weighted by atomic mass is 10.0. The highest BCUT2D eigenvalue weighted by Crippen LogP contribution is 2.41. The van der Waals surface area contributed by atoms with E-state index in [4.69, 9.17) is 32.7 Å². The van der Waals surface area contributed by atoms with Gasteiger partial charge in [-0.2, -0.15) is 0 Å². The van der Waals surface area contributed by atoms with Gasteiger partial charge in [-0.1, -0.05) is 104 Å². The molecule has 0 radical (unpaired) electrons. The summed E-state index contributed by atoms with van der Waals surface area (Å²) in [5, 5.41) is 20.2. The molecule has 312 valence electrons. The normalized spacial score (nSPS) is 18.4. The Morgan fingerprint density at radius 3 is 1.57 bits per heavy atom. The van der Waals surface area contributed by atoms with E-state index in [9.17, 15) is 29.4 Å². The average Bonchev–Trinajstić information content (AvgIpc) is 3.88. The molecular weight excluding hydrogens is 803 g/mol. The van der Waals surface area contributed by atoms with Gasteiger partial charge in [0.05, 0.1) is 20.3 Å². The number of nitrogens with zero attached hydrogens (tertiary/aromatic N) is 2. The lowest BCUT2D eigenvalue weighted by molar-refractivity contribution is -0.142. The molecule has 2 N–H and O–H groups in total. The molecule has 0 unspecified atom stereocenters. The van der Waals surface area contributed by atoms with E-state index in [0.29, 0.717) is 51.9 Å². The second kappa shape index (κ2) is 19.5. The van der Waals surface area contributed by atoms with Gasteiger partial charge in [0.25, 0.3) is 11.8 Å². The maximum Gasteiger partial charge on any atom is 0.326 e. The summed E-state index contributed by atoms with van der Waals surface area (Å²) in [7, 11) is 3.24. The van der Waals surface area contributed by atoms with E-state index in [0.717, 1.165) is 46.6 Å². The Kier molecular flexibility index (Phi) is 14.2. The average molecular weight is 852 g/mol. The van der Waals surface area contributed by atoms with E-state index in [1.165, 1.54) is 4.90 Å². The third-order valence-corrected chi connectivity index (χ3v) is 11.7. The molecule has 0 bridgehead atoms. The number of carbonyl (C=O) groups excluding carboxylic acids is 2. The van der Waals surface area contributed by atoms with E-state index in [2.05, 4.69) is 13.8 Å². The smallest absolute Gasteiger partial charge is 0.326 e. The number of rotatable bonds is 11. The molecule has 0 saturated carbocycles. The number of likely N-dealkylation sites (tertiary alicyclic amines) is 2. The fourth-order valence-corrected chi connectivity index (χ4v) is 8.81. The minimum absolute atomic E-state index is 0.0255. The summed E-state index contributed by atoms with van der Waals surface area (Å²) < 4.78 is 10.8. The summed E-state index contributed by atoms with van der Waals surface area (Å²) in [4.78, 5) is 53.2. The Hall–Kier alpha value is -5.84. The van der Waals surface area contributed by atoms with Crippen molar-refractivity contribution in [2.45, 2.75) is 70.1 Å². The first-order valence-corrected chi connectivity index (χ1v) is 20.6. The Morgan fingerprint density at radius 1 is 0.633 bits per heavy atom. The van der Waals surface area contributed by atoms with E-state index in [1.807, 2.05) is 72.8 Å². The fraction of sp³-hybridized carbons (Fsp3) is 0.292. The highest BCUT2D eigenvalue weighted by atomic mass is 35.5. The molecule has 12 heteroatoms. The number of ether oxygens (including phenoxy) is 2. The molecule has 10 nitrogen and oxygen atoms in total. The second-order valence-electron chi connectivity index (χ2n) is 15.3. The van der Waals surface area contributed by atoms with Crippen LogP contribution in [0.25, 0.3) is 22.3 Å². The first kappa shape index (κ1) is 43.7. The van der Waals surface area contributed by atoms with Crippen molar-refractivity contribution in [3.8, 4) is 33.8 Å². The molecule has 2 heterocycles. The van der Waals surface area contributed by atoms with Crippen molar-refractivity contribution in [2.75, 3.05) is 14.2 Å². The third-order valence-electron chi connectivity index (χ3n) is 11.1. The number of hydrogen-bond acceptors (Lipinski definition) is 6. The van der Waals surface area contributed by atoms with E-state index < -0.39 is 30.1 Å². The monoisotopic (exact) mass is 850 g/mol. The number of amides is 2. The van der Waals surface area contributed by atoms with Crippen LogP contribution in [0.1, 0.15) is 78.3 Å². The number of hydrogen-bond donors (Lipinski definition) is 2. The quantitative estimate of drug-likeness (QED) is 0.134. The lowest BCUT2D eigenvalue weighted by Crippen LogP contribution is -2.45. The number of carboxylic acids is 2. The molecule has 7 rings (SSSR count). The Labute approximate surface area is 360 Å². The molecule has 0 spiro atoms. The number of aliphatic carboxylic acids is 2. The van der Waals surface area contributed by atoms with Gasteiger partial charge >= 0.3 is 11.9 Å². The fourth-order valence-electron chi connectivity index (χ4n) is 8.27.